The summed E-state index contributed by atoms with van der Waals surface area (Å²) in [7, 11) is 1.64. The minimum Gasteiger partial charge on any atom is -0.481 e. The van der Waals surface area contributed by atoms with Crippen LogP contribution in [0.5, 0.6) is 5.88 Å². The van der Waals surface area contributed by atoms with Crippen LogP contribution < -0.4 is 10.1 Å². The van der Waals surface area contributed by atoms with Gasteiger partial charge in [-0.3, -0.25) is 4.79 Å². The monoisotopic (exact) mass is 579 g/mol. The predicted octanol–water partition coefficient (Wildman–Crippen LogP) is 5.59. The van der Waals surface area contributed by atoms with Crippen molar-refractivity contribution in [3.63, 3.8) is 0 Å². The average Bonchev–Trinajstić information content (AvgIpc) is 3.32. The lowest BCUT2D eigenvalue weighted by molar-refractivity contribution is -0.162. The molecule has 1 amide bonds. The Balaban J connectivity index is 1.81. The fourth-order valence-corrected chi connectivity index (χ4v) is 6.47. The number of benzene rings is 1. The summed E-state index contributed by atoms with van der Waals surface area (Å²) >= 11 is 0. The number of aromatic nitrogens is 1. The van der Waals surface area contributed by atoms with Gasteiger partial charge in [0.05, 0.1) is 19.8 Å². The van der Waals surface area contributed by atoms with Gasteiger partial charge in [-0.05, 0) is 43.2 Å². The number of nitrogens with one attached hydrogen (secondary N) is 1. The first-order chi connectivity index (χ1) is 19.9. The largest absolute Gasteiger partial charge is 0.481 e. The van der Waals surface area contributed by atoms with E-state index >= 15 is 0 Å². The van der Waals surface area contributed by atoms with E-state index in [0.717, 1.165) is 29.7 Å². The first-order valence-electron chi connectivity index (χ1n) is 15.3. The number of methoxy groups -OCH3 is 1. The van der Waals surface area contributed by atoms with Crippen molar-refractivity contribution >= 4 is 11.9 Å². The molecule has 1 N–H and O–H groups in total. The average molecular weight is 580 g/mol. The molecule has 1 aromatic carbocycles. The van der Waals surface area contributed by atoms with Crippen LogP contribution in [-0.2, 0) is 31.0 Å². The molecule has 1 aromatic heterocycles. The van der Waals surface area contributed by atoms with E-state index < -0.39 is 18.2 Å². The van der Waals surface area contributed by atoms with Crippen molar-refractivity contribution in [2.45, 2.75) is 104 Å². The van der Waals surface area contributed by atoms with Crippen LogP contribution in [0.1, 0.15) is 90.6 Å². The Bertz CT molecular complexity index is 1210. The number of likely N-dealkylation sites (tertiary alicyclic amines) is 1. The normalized spacial score (nSPS) is 24.9. The zero-order valence-electron chi connectivity index (χ0n) is 26.6. The Morgan fingerprint density at radius 1 is 1.05 bits per heavy atom. The first-order valence-corrected chi connectivity index (χ1v) is 15.3. The second-order valence-electron chi connectivity index (χ2n) is 13.6. The van der Waals surface area contributed by atoms with E-state index in [1.807, 2.05) is 36.4 Å². The Hall–Kier alpha value is -2.97. The molecule has 2 aliphatic heterocycles. The van der Waals surface area contributed by atoms with Gasteiger partial charge in [0.1, 0.15) is 12.1 Å². The van der Waals surface area contributed by atoms with Crippen LogP contribution in [0.3, 0.4) is 0 Å². The summed E-state index contributed by atoms with van der Waals surface area (Å²) in [6, 6.07) is 12.7. The van der Waals surface area contributed by atoms with E-state index in [1.165, 1.54) is 0 Å². The molecule has 8 heteroatoms. The molecule has 2 aliphatic rings. The molecule has 5 atom stereocenters. The van der Waals surface area contributed by atoms with Crippen LogP contribution in [0, 0.1) is 11.3 Å². The molecule has 0 unspecified atom stereocenters. The van der Waals surface area contributed by atoms with Crippen LogP contribution in [0.15, 0.2) is 42.5 Å². The minimum absolute atomic E-state index is 0.116. The Morgan fingerprint density at radius 2 is 1.76 bits per heavy atom. The molecule has 0 saturated carbocycles. The number of esters is 1. The van der Waals surface area contributed by atoms with Gasteiger partial charge in [-0.1, -0.05) is 77.9 Å². The van der Waals surface area contributed by atoms with E-state index in [0.29, 0.717) is 25.5 Å². The van der Waals surface area contributed by atoms with Gasteiger partial charge in [0, 0.05) is 41.8 Å². The van der Waals surface area contributed by atoms with Crippen LogP contribution in [-0.4, -0.2) is 60.3 Å². The van der Waals surface area contributed by atoms with E-state index in [1.54, 1.807) is 18.9 Å². The Labute approximate surface area is 251 Å². The maximum atomic E-state index is 14.4. The Morgan fingerprint density at radius 3 is 2.33 bits per heavy atom. The second kappa shape index (κ2) is 13.1. The quantitative estimate of drug-likeness (QED) is 0.408. The molecule has 3 heterocycles. The molecule has 0 aliphatic carbocycles. The molecular weight excluding hydrogens is 530 g/mol. The van der Waals surface area contributed by atoms with Crippen LogP contribution in [0.2, 0.25) is 0 Å². The number of ether oxygens (including phenoxy) is 3. The molecule has 0 spiro atoms. The highest BCUT2D eigenvalue weighted by atomic mass is 16.5. The molecular formula is C34H49N3O5. The number of hydrogen-bond acceptors (Lipinski definition) is 7. The fourth-order valence-electron chi connectivity index (χ4n) is 6.47. The van der Waals surface area contributed by atoms with Gasteiger partial charge in [-0.2, -0.15) is 0 Å². The third kappa shape index (κ3) is 6.81. The van der Waals surface area contributed by atoms with Gasteiger partial charge in [0.15, 0.2) is 0 Å². The number of amides is 1. The van der Waals surface area contributed by atoms with E-state index in [2.05, 4.69) is 52.9 Å². The SMILES string of the molecule is CCOC(=O)[C@@H]1[C@@H](C(C)(C)C)[C@H](NCc2ccc(C(C)(C)C)nc2OC)[C@H](c2ccccc2)N1C(=O)[C@H]1CCCCO1. The highest BCUT2D eigenvalue weighted by molar-refractivity contribution is 5.89. The van der Waals surface area contributed by atoms with E-state index in [9.17, 15) is 9.59 Å². The zero-order valence-corrected chi connectivity index (χ0v) is 26.6. The van der Waals surface area contributed by atoms with Gasteiger partial charge >= 0.3 is 5.97 Å². The Kier molecular flexibility index (Phi) is 9.99. The minimum atomic E-state index is -0.769. The fraction of sp³-hybridized carbons (Fsp3) is 0.618. The highest BCUT2D eigenvalue weighted by Crippen LogP contribution is 2.49. The lowest BCUT2D eigenvalue weighted by Gasteiger charge is -2.36. The maximum Gasteiger partial charge on any atom is 0.329 e. The van der Waals surface area contributed by atoms with Crippen molar-refractivity contribution in [1.29, 1.82) is 0 Å². The molecule has 0 bridgehead atoms. The summed E-state index contributed by atoms with van der Waals surface area (Å²) in [5, 5.41) is 3.79. The molecule has 42 heavy (non-hydrogen) atoms. The van der Waals surface area contributed by atoms with Crippen molar-refractivity contribution in [1.82, 2.24) is 15.2 Å². The summed E-state index contributed by atoms with van der Waals surface area (Å²) in [6.45, 7) is 15.8. The molecule has 2 aromatic rings. The van der Waals surface area contributed by atoms with E-state index in [-0.39, 0.29) is 41.3 Å². The second-order valence-corrected chi connectivity index (χ2v) is 13.6. The van der Waals surface area contributed by atoms with Gasteiger partial charge in [0.25, 0.3) is 5.91 Å². The summed E-state index contributed by atoms with van der Waals surface area (Å²) < 4.78 is 17.4. The number of nitrogens with zero attached hydrogens (tertiary/aromatic N) is 2. The van der Waals surface area contributed by atoms with Crippen molar-refractivity contribution in [2.75, 3.05) is 20.3 Å². The van der Waals surface area contributed by atoms with Crippen LogP contribution in [0.4, 0.5) is 0 Å². The van der Waals surface area contributed by atoms with Crippen molar-refractivity contribution in [2.24, 2.45) is 11.3 Å². The predicted molar refractivity (Wildman–Crippen MR) is 163 cm³/mol. The summed E-state index contributed by atoms with van der Waals surface area (Å²) in [5.41, 5.74) is 2.37. The lowest BCUT2D eigenvalue weighted by atomic mass is 9.72. The van der Waals surface area contributed by atoms with Gasteiger partial charge < -0.3 is 24.4 Å². The number of pyridine rings is 1. The maximum absolute atomic E-state index is 14.4. The number of rotatable bonds is 8. The standard InChI is InChI=1S/C34H49N3O5/c1-9-41-32(39)29-26(34(5,6)7)27(35-21-23-18-19-25(33(2,3)4)36-30(23)40-8)28(22-15-11-10-12-16-22)37(29)31(38)24-17-13-14-20-42-24/h10-12,15-16,18-19,24,26-29,35H,9,13-14,17,20-21H2,1-8H3/t24-,26+,27+,28+,29+/m1/s1. The van der Waals surface area contributed by atoms with Gasteiger partial charge in [-0.25, -0.2) is 9.78 Å². The summed E-state index contributed by atoms with van der Waals surface area (Å²) in [6.07, 6.45) is 1.93. The third-order valence-electron chi connectivity index (χ3n) is 8.47. The van der Waals surface area contributed by atoms with Crippen molar-refractivity contribution < 1.29 is 23.8 Å². The number of carbonyl (C=O) groups is 2. The van der Waals surface area contributed by atoms with Gasteiger partial charge in [0.2, 0.25) is 5.88 Å². The third-order valence-corrected chi connectivity index (χ3v) is 8.47. The zero-order chi connectivity index (χ0) is 30.7. The smallest absolute Gasteiger partial charge is 0.329 e. The molecule has 2 fully saturated rings. The molecule has 4 rings (SSSR count). The molecule has 230 valence electrons. The van der Waals surface area contributed by atoms with Gasteiger partial charge in [-0.15, -0.1) is 0 Å². The molecule has 2 saturated heterocycles. The number of hydrogen-bond donors (Lipinski definition) is 1. The summed E-state index contributed by atoms with van der Waals surface area (Å²) in [4.78, 5) is 34.8. The van der Waals surface area contributed by atoms with Crippen molar-refractivity contribution in [3.05, 3.63) is 59.3 Å². The van der Waals surface area contributed by atoms with Crippen LogP contribution >= 0.6 is 0 Å². The topological polar surface area (TPSA) is 90.0 Å². The van der Waals surface area contributed by atoms with Crippen molar-refractivity contribution in [3.8, 4) is 5.88 Å². The molecule has 0 radical (unpaired) electrons. The first kappa shape index (κ1) is 32.0. The molecule has 8 nitrogen and oxygen atoms in total. The number of carbonyl (C=O) groups excluding carboxylic acids is 2. The van der Waals surface area contributed by atoms with Crippen LogP contribution in [0.25, 0.3) is 0 Å². The highest BCUT2D eigenvalue weighted by Gasteiger charge is 2.59. The van der Waals surface area contributed by atoms with E-state index in [4.69, 9.17) is 19.2 Å². The summed E-state index contributed by atoms with van der Waals surface area (Å²) in [5.74, 6) is -0.196. The lowest BCUT2D eigenvalue weighted by Crippen LogP contribution is -2.51.